The zero-order valence-electron chi connectivity index (χ0n) is 11.3. The Bertz CT molecular complexity index is 739. The van der Waals surface area contributed by atoms with Crippen molar-refractivity contribution in [2.24, 2.45) is 0 Å². The number of H-pyrrole nitrogens is 1. The first-order chi connectivity index (χ1) is 10.3. The summed E-state index contributed by atoms with van der Waals surface area (Å²) in [5.74, 6) is 0. The SMILES string of the molecule is O=P(O)(O)c1c(C2O[C@H](CO)[C@@H](O)[C@H]2O)[nH]c2ccccc12. The second kappa shape index (κ2) is 5.43. The Hall–Kier alpha value is -1.25. The van der Waals surface area contributed by atoms with Gasteiger partial charge in [0.05, 0.1) is 17.6 Å². The van der Waals surface area contributed by atoms with Crippen LogP contribution in [0.3, 0.4) is 0 Å². The first-order valence-corrected chi connectivity index (χ1v) is 8.25. The fourth-order valence-corrected chi connectivity index (χ4v) is 3.81. The molecule has 0 saturated carbocycles. The van der Waals surface area contributed by atoms with Crippen LogP contribution in [0.2, 0.25) is 0 Å². The molecular weight excluding hydrogens is 313 g/mol. The Morgan fingerprint density at radius 2 is 1.86 bits per heavy atom. The van der Waals surface area contributed by atoms with E-state index in [-0.39, 0.29) is 11.0 Å². The number of ether oxygens (including phenoxy) is 1. The summed E-state index contributed by atoms with van der Waals surface area (Å²) in [7, 11) is -4.65. The van der Waals surface area contributed by atoms with Crippen molar-refractivity contribution >= 4 is 23.8 Å². The summed E-state index contributed by atoms with van der Waals surface area (Å²) >= 11 is 0. The van der Waals surface area contributed by atoms with Crippen molar-refractivity contribution in [2.75, 3.05) is 6.61 Å². The summed E-state index contributed by atoms with van der Waals surface area (Å²) in [5, 5.41) is 29.1. The average molecular weight is 329 g/mol. The van der Waals surface area contributed by atoms with Gasteiger partial charge in [0, 0.05) is 10.9 Å². The summed E-state index contributed by atoms with van der Waals surface area (Å²) in [6, 6.07) is 6.52. The molecule has 1 aromatic heterocycles. The van der Waals surface area contributed by atoms with E-state index in [2.05, 4.69) is 4.98 Å². The zero-order valence-corrected chi connectivity index (χ0v) is 12.2. The first kappa shape index (κ1) is 15.6. The maximum Gasteiger partial charge on any atom is 0.358 e. The predicted octanol–water partition coefficient (Wildman–Crippen LogP) is -0.875. The molecule has 1 aliphatic rings. The third-order valence-corrected chi connectivity index (χ3v) is 4.89. The van der Waals surface area contributed by atoms with Crippen LogP contribution < -0.4 is 5.30 Å². The van der Waals surface area contributed by atoms with Gasteiger partial charge in [-0.05, 0) is 6.07 Å². The van der Waals surface area contributed by atoms with E-state index in [0.29, 0.717) is 10.9 Å². The van der Waals surface area contributed by atoms with E-state index in [1.165, 1.54) is 0 Å². The lowest BCUT2D eigenvalue weighted by atomic mass is 10.1. The van der Waals surface area contributed by atoms with Crippen LogP contribution in [0.15, 0.2) is 24.3 Å². The number of hydrogen-bond acceptors (Lipinski definition) is 5. The van der Waals surface area contributed by atoms with E-state index < -0.39 is 38.6 Å². The molecule has 3 rings (SSSR count). The third-order valence-electron chi connectivity index (χ3n) is 3.82. The van der Waals surface area contributed by atoms with Gasteiger partial charge >= 0.3 is 7.60 Å². The first-order valence-electron chi connectivity index (χ1n) is 6.63. The molecule has 1 aliphatic heterocycles. The summed E-state index contributed by atoms with van der Waals surface area (Å²) in [6.45, 7) is -0.514. The molecule has 0 radical (unpaired) electrons. The van der Waals surface area contributed by atoms with Crippen LogP contribution >= 0.6 is 7.60 Å². The second-order valence-electron chi connectivity index (χ2n) is 5.24. The molecule has 0 bridgehead atoms. The topological polar surface area (TPSA) is 143 Å². The van der Waals surface area contributed by atoms with Gasteiger partial charge < -0.3 is 34.8 Å². The van der Waals surface area contributed by atoms with Gasteiger partial charge in [0.25, 0.3) is 0 Å². The van der Waals surface area contributed by atoms with Crippen LogP contribution in [0.25, 0.3) is 10.9 Å². The smallest absolute Gasteiger partial charge is 0.358 e. The van der Waals surface area contributed by atoms with E-state index >= 15 is 0 Å². The lowest BCUT2D eigenvalue weighted by molar-refractivity contribution is -0.0235. The van der Waals surface area contributed by atoms with E-state index in [9.17, 15) is 24.6 Å². The minimum Gasteiger partial charge on any atom is -0.394 e. The van der Waals surface area contributed by atoms with Crippen molar-refractivity contribution in [1.82, 2.24) is 4.98 Å². The standard InChI is InChI=1S/C13H16NO7P/c15-5-8-10(16)11(17)12(21-8)9-13(22(18,19)20)6-3-1-2-4-7(6)14-9/h1-4,8,10-12,14-17H,5H2,(H2,18,19,20)/t8-,10-,11-,12?/m1/s1. The number of aliphatic hydroxyl groups is 3. The lowest BCUT2D eigenvalue weighted by Gasteiger charge is -2.16. The number of aliphatic hydroxyl groups excluding tert-OH is 3. The van der Waals surface area contributed by atoms with E-state index in [4.69, 9.17) is 9.84 Å². The summed E-state index contributed by atoms with van der Waals surface area (Å²) in [5.41, 5.74) is 0.491. The fourth-order valence-electron chi connectivity index (χ4n) is 2.81. The van der Waals surface area contributed by atoms with E-state index in [0.717, 1.165) is 0 Å². The Morgan fingerprint density at radius 3 is 2.45 bits per heavy atom. The molecule has 1 saturated heterocycles. The number of rotatable bonds is 3. The van der Waals surface area contributed by atoms with E-state index in [1.807, 2.05) is 0 Å². The number of nitrogens with one attached hydrogen (secondary N) is 1. The van der Waals surface area contributed by atoms with Crippen LogP contribution in [0, 0.1) is 0 Å². The quantitative estimate of drug-likeness (QED) is 0.402. The molecule has 120 valence electrons. The van der Waals surface area contributed by atoms with Crippen molar-refractivity contribution in [2.45, 2.75) is 24.4 Å². The molecule has 22 heavy (non-hydrogen) atoms. The normalized spacial score (nSPS) is 29.3. The maximum atomic E-state index is 11.9. The van der Waals surface area contributed by atoms with Crippen LogP contribution in [0.1, 0.15) is 11.8 Å². The monoisotopic (exact) mass is 329 g/mol. The highest BCUT2D eigenvalue weighted by Gasteiger charge is 2.46. The summed E-state index contributed by atoms with van der Waals surface area (Å²) in [6.07, 6.45) is -4.93. The van der Waals surface area contributed by atoms with Gasteiger partial charge in [-0.25, -0.2) is 0 Å². The number of para-hydroxylation sites is 1. The van der Waals surface area contributed by atoms with Crippen molar-refractivity contribution < 1.29 is 34.4 Å². The zero-order chi connectivity index (χ0) is 16.1. The molecule has 2 aromatic rings. The summed E-state index contributed by atoms with van der Waals surface area (Å²) < 4.78 is 17.2. The summed E-state index contributed by atoms with van der Waals surface area (Å²) in [4.78, 5) is 22.1. The average Bonchev–Trinajstić information content (AvgIpc) is 2.97. The molecule has 1 fully saturated rings. The van der Waals surface area contributed by atoms with Gasteiger partial charge in [-0.3, -0.25) is 4.57 Å². The lowest BCUT2D eigenvalue weighted by Crippen LogP contribution is -2.32. The highest BCUT2D eigenvalue weighted by Crippen LogP contribution is 2.43. The van der Waals surface area contributed by atoms with Crippen molar-refractivity contribution in [3.05, 3.63) is 30.0 Å². The molecule has 1 aromatic carbocycles. The molecule has 9 heteroatoms. The van der Waals surface area contributed by atoms with Crippen LogP contribution in [-0.4, -0.2) is 55.0 Å². The molecule has 6 N–H and O–H groups in total. The van der Waals surface area contributed by atoms with Crippen molar-refractivity contribution in [3.8, 4) is 0 Å². The Labute approximate surface area is 125 Å². The van der Waals surface area contributed by atoms with Crippen LogP contribution in [0.5, 0.6) is 0 Å². The number of benzene rings is 1. The molecule has 0 spiro atoms. The van der Waals surface area contributed by atoms with Gasteiger partial charge in [-0.1, -0.05) is 18.2 Å². The van der Waals surface area contributed by atoms with Gasteiger partial charge in [-0.2, -0.15) is 0 Å². The maximum absolute atomic E-state index is 11.9. The third kappa shape index (κ3) is 2.39. The van der Waals surface area contributed by atoms with Crippen molar-refractivity contribution in [3.63, 3.8) is 0 Å². The number of aromatic nitrogens is 1. The van der Waals surface area contributed by atoms with Gasteiger partial charge in [0.1, 0.15) is 24.4 Å². The number of aromatic amines is 1. The molecular formula is C13H16NO7P. The number of hydrogen-bond donors (Lipinski definition) is 6. The molecule has 4 atom stereocenters. The van der Waals surface area contributed by atoms with Gasteiger partial charge in [0.2, 0.25) is 0 Å². The highest BCUT2D eigenvalue weighted by molar-refractivity contribution is 7.61. The Balaban J connectivity index is 2.17. The number of fused-ring (bicyclic) bond motifs is 1. The van der Waals surface area contributed by atoms with Gasteiger partial charge in [0.15, 0.2) is 0 Å². The predicted molar refractivity (Wildman–Crippen MR) is 76.7 cm³/mol. The van der Waals surface area contributed by atoms with Crippen LogP contribution in [-0.2, 0) is 9.30 Å². The Kier molecular flexibility index (Phi) is 3.86. The largest absolute Gasteiger partial charge is 0.394 e. The Morgan fingerprint density at radius 1 is 1.18 bits per heavy atom. The molecule has 2 heterocycles. The van der Waals surface area contributed by atoms with Crippen LogP contribution in [0.4, 0.5) is 0 Å². The molecule has 1 unspecified atom stereocenters. The molecule has 8 nitrogen and oxygen atoms in total. The molecule has 0 aliphatic carbocycles. The second-order valence-corrected chi connectivity index (χ2v) is 6.77. The highest BCUT2D eigenvalue weighted by atomic mass is 31.2. The van der Waals surface area contributed by atoms with Crippen molar-refractivity contribution in [1.29, 1.82) is 0 Å². The fraction of sp³-hybridized carbons (Fsp3) is 0.385. The van der Waals surface area contributed by atoms with E-state index in [1.54, 1.807) is 24.3 Å². The molecule has 0 amide bonds. The van der Waals surface area contributed by atoms with Gasteiger partial charge in [-0.15, -0.1) is 0 Å². The minimum absolute atomic E-state index is 0.0111. The minimum atomic E-state index is -4.65.